The lowest BCUT2D eigenvalue weighted by molar-refractivity contribution is 0.661. The Bertz CT molecular complexity index is 529. The number of pyridine rings is 1. The fourth-order valence-electron chi connectivity index (χ4n) is 3.70. The van der Waals surface area contributed by atoms with Crippen LogP contribution in [0.1, 0.15) is 48.2 Å². The molecule has 0 atom stereocenters. The van der Waals surface area contributed by atoms with E-state index in [-0.39, 0.29) is 0 Å². The molecule has 0 aromatic carbocycles. The first-order chi connectivity index (χ1) is 8.84. The Balaban J connectivity index is 1.87. The first-order valence-electron chi connectivity index (χ1n) is 7.02. The number of nitrogens with one attached hydrogen (secondary N) is 2. The van der Waals surface area contributed by atoms with E-state index in [0.717, 1.165) is 6.42 Å². The number of aryl methyl sites for hydroxylation is 1. The highest BCUT2D eigenvalue weighted by atomic mass is 15.3. The quantitative estimate of drug-likeness (QED) is 0.799. The van der Waals surface area contributed by atoms with Crippen LogP contribution >= 0.6 is 0 Å². The molecule has 3 heteroatoms. The lowest BCUT2D eigenvalue weighted by Crippen LogP contribution is -2.18. The summed E-state index contributed by atoms with van der Waals surface area (Å²) in [5.74, 6) is 0. The molecule has 1 aromatic heterocycles. The SMILES string of the molecule is C=CNNc1c2c(nc3c1CCC31CC1)CCC2. The third-order valence-electron chi connectivity index (χ3n) is 4.83. The summed E-state index contributed by atoms with van der Waals surface area (Å²) in [6, 6.07) is 0. The van der Waals surface area contributed by atoms with Crippen molar-refractivity contribution in [3.8, 4) is 0 Å². The van der Waals surface area contributed by atoms with Crippen molar-refractivity contribution in [2.24, 2.45) is 0 Å². The van der Waals surface area contributed by atoms with Gasteiger partial charge >= 0.3 is 0 Å². The number of fused-ring (bicyclic) bond motifs is 3. The van der Waals surface area contributed by atoms with Gasteiger partial charge in [-0.1, -0.05) is 6.58 Å². The van der Waals surface area contributed by atoms with E-state index in [1.54, 1.807) is 6.20 Å². The Morgan fingerprint density at radius 2 is 2.00 bits per heavy atom. The van der Waals surface area contributed by atoms with Gasteiger partial charge in [-0.05, 0) is 56.1 Å². The summed E-state index contributed by atoms with van der Waals surface area (Å²) in [6.07, 6.45) is 10.5. The molecule has 0 bridgehead atoms. The molecule has 4 rings (SSSR count). The van der Waals surface area contributed by atoms with E-state index in [9.17, 15) is 0 Å². The van der Waals surface area contributed by atoms with E-state index < -0.39 is 0 Å². The summed E-state index contributed by atoms with van der Waals surface area (Å²) >= 11 is 0. The fraction of sp³-hybridized carbons (Fsp3) is 0.533. The first-order valence-corrected chi connectivity index (χ1v) is 7.02. The summed E-state index contributed by atoms with van der Waals surface area (Å²) in [7, 11) is 0. The standard InChI is InChI=1S/C15H19N3/c1-2-16-18-13-10-4-3-5-12(10)17-14-11(13)6-7-15(14)8-9-15/h2,16H,1,3-9H2,(H,17,18). The van der Waals surface area contributed by atoms with Crippen molar-refractivity contribution in [2.75, 3.05) is 5.43 Å². The predicted octanol–water partition coefficient (Wildman–Crippen LogP) is 2.61. The van der Waals surface area contributed by atoms with Crippen LogP contribution in [0.25, 0.3) is 0 Å². The van der Waals surface area contributed by atoms with Gasteiger partial charge in [-0.15, -0.1) is 0 Å². The van der Waals surface area contributed by atoms with E-state index >= 15 is 0 Å². The van der Waals surface area contributed by atoms with Crippen LogP contribution in [0.5, 0.6) is 0 Å². The van der Waals surface area contributed by atoms with Crippen LogP contribution in [0.2, 0.25) is 0 Å². The largest absolute Gasteiger partial charge is 0.309 e. The van der Waals surface area contributed by atoms with E-state index in [1.807, 2.05) is 0 Å². The number of rotatable bonds is 3. The average molecular weight is 241 g/mol. The molecule has 3 aliphatic carbocycles. The lowest BCUT2D eigenvalue weighted by Gasteiger charge is -2.17. The number of nitrogens with zero attached hydrogens (tertiary/aromatic N) is 1. The second-order valence-corrected chi connectivity index (χ2v) is 5.85. The molecular weight excluding hydrogens is 222 g/mol. The highest BCUT2D eigenvalue weighted by Gasteiger charge is 2.51. The molecule has 1 heterocycles. The number of hydrogen-bond acceptors (Lipinski definition) is 3. The van der Waals surface area contributed by atoms with Crippen LogP contribution in [0, 0.1) is 0 Å². The number of hydrogen-bond donors (Lipinski definition) is 2. The van der Waals surface area contributed by atoms with Gasteiger partial charge in [0.2, 0.25) is 0 Å². The van der Waals surface area contributed by atoms with Gasteiger partial charge in [0.15, 0.2) is 0 Å². The zero-order chi connectivity index (χ0) is 12.2. The Morgan fingerprint density at radius 3 is 2.78 bits per heavy atom. The zero-order valence-corrected chi connectivity index (χ0v) is 10.7. The molecule has 3 aliphatic rings. The monoisotopic (exact) mass is 241 g/mol. The first kappa shape index (κ1) is 10.4. The Morgan fingerprint density at radius 1 is 1.11 bits per heavy atom. The number of anilines is 1. The van der Waals surface area contributed by atoms with Crippen molar-refractivity contribution in [2.45, 2.75) is 50.4 Å². The van der Waals surface area contributed by atoms with E-state index in [2.05, 4.69) is 17.4 Å². The van der Waals surface area contributed by atoms with Crippen molar-refractivity contribution in [3.63, 3.8) is 0 Å². The van der Waals surface area contributed by atoms with Crippen LogP contribution in [0.15, 0.2) is 12.8 Å². The third kappa shape index (κ3) is 1.27. The van der Waals surface area contributed by atoms with Crippen molar-refractivity contribution < 1.29 is 0 Å². The van der Waals surface area contributed by atoms with Crippen LogP contribution in [-0.2, 0) is 24.7 Å². The van der Waals surface area contributed by atoms with Crippen LogP contribution in [0.4, 0.5) is 5.69 Å². The summed E-state index contributed by atoms with van der Waals surface area (Å²) in [5.41, 5.74) is 13.9. The van der Waals surface area contributed by atoms with Crippen molar-refractivity contribution in [1.82, 2.24) is 10.4 Å². The van der Waals surface area contributed by atoms with Gasteiger partial charge in [-0.25, -0.2) is 0 Å². The zero-order valence-electron chi connectivity index (χ0n) is 10.7. The fourth-order valence-corrected chi connectivity index (χ4v) is 3.70. The van der Waals surface area contributed by atoms with Gasteiger partial charge in [0.25, 0.3) is 0 Å². The highest BCUT2D eigenvalue weighted by molar-refractivity contribution is 5.65. The molecule has 2 N–H and O–H groups in total. The molecule has 18 heavy (non-hydrogen) atoms. The normalized spacial score (nSPS) is 21.6. The smallest absolute Gasteiger partial charge is 0.0640 e. The maximum atomic E-state index is 5.02. The van der Waals surface area contributed by atoms with Crippen LogP contribution in [-0.4, -0.2) is 4.98 Å². The lowest BCUT2D eigenvalue weighted by atomic mass is 10.0. The van der Waals surface area contributed by atoms with Crippen molar-refractivity contribution >= 4 is 5.69 Å². The topological polar surface area (TPSA) is 37.0 Å². The minimum atomic E-state index is 0.470. The second kappa shape index (κ2) is 3.50. The molecule has 0 radical (unpaired) electrons. The molecule has 1 spiro atoms. The van der Waals surface area contributed by atoms with Gasteiger partial charge < -0.3 is 10.9 Å². The highest BCUT2D eigenvalue weighted by Crippen LogP contribution is 2.57. The molecule has 1 aromatic rings. The maximum Gasteiger partial charge on any atom is 0.0640 e. The third-order valence-corrected chi connectivity index (χ3v) is 4.83. The molecule has 0 aliphatic heterocycles. The molecule has 3 nitrogen and oxygen atoms in total. The number of hydrazine groups is 1. The Kier molecular flexibility index (Phi) is 2.02. The van der Waals surface area contributed by atoms with Gasteiger partial charge in [-0.3, -0.25) is 4.98 Å². The molecule has 94 valence electrons. The summed E-state index contributed by atoms with van der Waals surface area (Å²) in [5, 5.41) is 0. The van der Waals surface area contributed by atoms with Crippen molar-refractivity contribution in [3.05, 3.63) is 35.3 Å². The van der Waals surface area contributed by atoms with E-state index in [1.165, 1.54) is 66.7 Å². The second-order valence-electron chi connectivity index (χ2n) is 5.85. The molecule has 0 amide bonds. The Labute approximate surface area is 108 Å². The van der Waals surface area contributed by atoms with E-state index in [4.69, 9.17) is 4.98 Å². The minimum Gasteiger partial charge on any atom is -0.309 e. The average Bonchev–Trinajstić information content (AvgIpc) is 2.86. The molecule has 1 fully saturated rings. The molecule has 1 saturated carbocycles. The van der Waals surface area contributed by atoms with Gasteiger partial charge in [-0.2, -0.15) is 0 Å². The summed E-state index contributed by atoms with van der Waals surface area (Å²) in [4.78, 5) is 5.02. The molecule has 0 saturated heterocycles. The van der Waals surface area contributed by atoms with Crippen molar-refractivity contribution in [1.29, 1.82) is 0 Å². The minimum absolute atomic E-state index is 0.470. The predicted molar refractivity (Wildman–Crippen MR) is 72.5 cm³/mol. The summed E-state index contributed by atoms with van der Waals surface area (Å²) < 4.78 is 0. The molecule has 0 unspecified atom stereocenters. The van der Waals surface area contributed by atoms with Crippen LogP contribution in [0.3, 0.4) is 0 Å². The van der Waals surface area contributed by atoms with Crippen LogP contribution < -0.4 is 10.9 Å². The number of aromatic nitrogens is 1. The van der Waals surface area contributed by atoms with E-state index in [0.29, 0.717) is 5.41 Å². The maximum absolute atomic E-state index is 5.02. The van der Waals surface area contributed by atoms with Gasteiger partial charge in [0.1, 0.15) is 0 Å². The van der Waals surface area contributed by atoms with Gasteiger partial charge in [0.05, 0.1) is 11.4 Å². The summed E-state index contributed by atoms with van der Waals surface area (Å²) in [6.45, 7) is 3.71. The van der Waals surface area contributed by atoms with Gasteiger partial charge in [0, 0.05) is 17.3 Å². The molecular formula is C15H19N3. The Hall–Kier alpha value is -1.51.